The van der Waals surface area contributed by atoms with Gasteiger partial charge in [0.2, 0.25) is 0 Å². The summed E-state index contributed by atoms with van der Waals surface area (Å²) in [6.07, 6.45) is 3.02. The van der Waals surface area contributed by atoms with E-state index in [1.54, 1.807) is 12.1 Å². The van der Waals surface area contributed by atoms with E-state index in [0.29, 0.717) is 28.6 Å². The number of amides is 1. The summed E-state index contributed by atoms with van der Waals surface area (Å²) in [5.74, 6) is -0.129. The van der Waals surface area contributed by atoms with Crippen LogP contribution < -0.4 is 10.2 Å². The Morgan fingerprint density at radius 1 is 1.00 bits per heavy atom. The Morgan fingerprint density at radius 3 is 2.45 bits per heavy atom. The van der Waals surface area contributed by atoms with Gasteiger partial charge < -0.3 is 25.1 Å². The molecule has 1 aliphatic heterocycles. The van der Waals surface area contributed by atoms with Crippen molar-refractivity contribution < 1.29 is 9.18 Å². The number of aromatic nitrogens is 4. The van der Waals surface area contributed by atoms with Crippen molar-refractivity contribution in [2.75, 3.05) is 43.4 Å². The van der Waals surface area contributed by atoms with E-state index in [0.717, 1.165) is 37.4 Å². The van der Waals surface area contributed by atoms with Crippen LogP contribution in [0.3, 0.4) is 0 Å². The van der Waals surface area contributed by atoms with Crippen LogP contribution >= 0.6 is 0 Å². The van der Waals surface area contributed by atoms with Gasteiger partial charge in [0.05, 0.1) is 18.2 Å². The van der Waals surface area contributed by atoms with Crippen LogP contribution in [0, 0.1) is 5.82 Å². The second-order valence-corrected chi connectivity index (χ2v) is 8.07. The van der Waals surface area contributed by atoms with E-state index in [4.69, 9.17) is 0 Å². The Hall–Kier alpha value is -3.98. The zero-order valence-electron chi connectivity index (χ0n) is 18.2. The molecule has 2 aromatic heterocycles. The molecule has 1 aliphatic rings. The molecule has 4 aromatic rings. The highest BCUT2D eigenvalue weighted by Crippen LogP contribution is 2.27. The van der Waals surface area contributed by atoms with Crippen molar-refractivity contribution in [3.8, 4) is 22.8 Å². The summed E-state index contributed by atoms with van der Waals surface area (Å²) in [5.41, 5.74) is 4.18. The predicted octanol–water partition coefficient (Wildman–Crippen LogP) is 3.61. The van der Waals surface area contributed by atoms with Gasteiger partial charge in [-0.25, -0.2) is 14.4 Å². The molecule has 0 unspecified atom stereocenters. The Kier molecular flexibility index (Phi) is 5.62. The average molecular weight is 446 g/mol. The highest BCUT2D eigenvalue weighted by molar-refractivity contribution is 6.03. The highest BCUT2D eigenvalue weighted by Gasteiger charge is 2.17. The summed E-state index contributed by atoms with van der Waals surface area (Å²) in [5, 5.41) is 2.90. The van der Waals surface area contributed by atoms with Gasteiger partial charge in [-0.2, -0.15) is 0 Å². The molecule has 5 rings (SSSR count). The maximum atomic E-state index is 13.3. The van der Waals surface area contributed by atoms with Crippen molar-refractivity contribution in [1.82, 2.24) is 24.8 Å². The van der Waals surface area contributed by atoms with Crippen LogP contribution in [0.4, 0.5) is 15.8 Å². The molecule has 9 heteroatoms. The lowest BCUT2D eigenvalue weighted by atomic mass is 10.1. The molecule has 1 saturated heterocycles. The standard InChI is InChI=1S/C24H24FN7O/c1-31-10-12-32(13-11-31)19-8-6-18(7-9-19)29-24(33)20-14-26-23(30-20)22-21(27-15-28-22)16-2-4-17(25)5-3-16/h2-9,14-15H,10-13H2,1H3,(H,26,30)(H,27,28)(H,29,33). The second kappa shape index (κ2) is 8.87. The lowest BCUT2D eigenvalue weighted by Crippen LogP contribution is -2.44. The molecule has 1 amide bonds. The van der Waals surface area contributed by atoms with Crippen LogP contribution in [0.2, 0.25) is 0 Å². The molecule has 0 radical (unpaired) electrons. The number of anilines is 2. The number of nitrogens with zero attached hydrogens (tertiary/aromatic N) is 4. The number of hydrogen-bond donors (Lipinski definition) is 3. The summed E-state index contributed by atoms with van der Waals surface area (Å²) in [4.78, 5) is 32.1. The van der Waals surface area contributed by atoms with Gasteiger partial charge in [0, 0.05) is 43.1 Å². The number of carbonyl (C=O) groups excluding carboxylic acids is 1. The van der Waals surface area contributed by atoms with Crippen LogP contribution in [-0.4, -0.2) is 64.0 Å². The summed E-state index contributed by atoms with van der Waals surface area (Å²) < 4.78 is 13.3. The normalized spacial score (nSPS) is 14.4. The fraction of sp³-hybridized carbons (Fsp3) is 0.208. The number of rotatable bonds is 5. The van der Waals surface area contributed by atoms with Gasteiger partial charge in [0.1, 0.15) is 17.2 Å². The van der Waals surface area contributed by atoms with E-state index in [2.05, 4.69) is 42.1 Å². The number of imidazole rings is 2. The van der Waals surface area contributed by atoms with E-state index < -0.39 is 0 Å². The van der Waals surface area contributed by atoms with E-state index in [-0.39, 0.29) is 11.7 Å². The largest absolute Gasteiger partial charge is 0.369 e. The number of halogens is 1. The SMILES string of the molecule is CN1CCN(c2ccc(NC(=O)c3cnc(-c4[nH]cnc4-c4ccc(F)cc4)[nH]3)cc2)CC1. The summed E-state index contributed by atoms with van der Waals surface area (Å²) >= 11 is 0. The smallest absolute Gasteiger partial charge is 0.273 e. The van der Waals surface area contributed by atoms with Crippen molar-refractivity contribution in [3.05, 3.63) is 72.6 Å². The van der Waals surface area contributed by atoms with Gasteiger partial charge >= 0.3 is 0 Å². The molecule has 3 N–H and O–H groups in total. The minimum atomic E-state index is -0.315. The van der Waals surface area contributed by atoms with Crippen LogP contribution in [0.15, 0.2) is 61.1 Å². The quantitative estimate of drug-likeness (QED) is 0.436. The molecule has 3 heterocycles. The zero-order valence-corrected chi connectivity index (χ0v) is 18.2. The van der Waals surface area contributed by atoms with E-state index >= 15 is 0 Å². The van der Waals surface area contributed by atoms with E-state index in [1.165, 1.54) is 24.7 Å². The van der Waals surface area contributed by atoms with Crippen molar-refractivity contribution in [2.24, 2.45) is 0 Å². The van der Waals surface area contributed by atoms with Crippen LogP contribution in [0.25, 0.3) is 22.8 Å². The summed E-state index contributed by atoms with van der Waals surface area (Å²) in [6.45, 7) is 4.07. The first-order chi connectivity index (χ1) is 16.1. The maximum Gasteiger partial charge on any atom is 0.273 e. The number of nitrogens with one attached hydrogen (secondary N) is 3. The molecule has 2 aromatic carbocycles. The average Bonchev–Trinajstić information content (AvgIpc) is 3.51. The fourth-order valence-corrected chi connectivity index (χ4v) is 3.88. The molecule has 8 nitrogen and oxygen atoms in total. The Balaban J connectivity index is 1.28. The first-order valence-electron chi connectivity index (χ1n) is 10.8. The number of benzene rings is 2. The van der Waals surface area contributed by atoms with Gasteiger partial charge in [-0.3, -0.25) is 4.79 Å². The van der Waals surface area contributed by atoms with Crippen LogP contribution in [0.5, 0.6) is 0 Å². The molecule has 0 atom stereocenters. The highest BCUT2D eigenvalue weighted by atomic mass is 19.1. The molecule has 1 fully saturated rings. The minimum absolute atomic E-state index is 0.288. The first-order valence-corrected chi connectivity index (χ1v) is 10.8. The van der Waals surface area contributed by atoms with Crippen molar-refractivity contribution >= 4 is 17.3 Å². The number of likely N-dealkylation sites (N-methyl/N-ethyl adjacent to an activating group) is 1. The van der Waals surface area contributed by atoms with Crippen LogP contribution in [0.1, 0.15) is 10.5 Å². The maximum absolute atomic E-state index is 13.3. The topological polar surface area (TPSA) is 92.9 Å². The molecule has 0 saturated carbocycles. The molecule has 0 aliphatic carbocycles. The zero-order chi connectivity index (χ0) is 22.8. The monoisotopic (exact) mass is 445 g/mol. The second-order valence-electron chi connectivity index (χ2n) is 8.07. The van der Waals surface area contributed by atoms with E-state index in [1.807, 2.05) is 24.3 Å². The molecular weight excluding hydrogens is 421 g/mol. The third-order valence-corrected chi connectivity index (χ3v) is 5.81. The predicted molar refractivity (Wildman–Crippen MR) is 126 cm³/mol. The van der Waals surface area contributed by atoms with Gasteiger partial charge in [-0.05, 0) is 55.6 Å². The first kappa shape index (κ1) is 20.9. The summed E-state index contributed by atoms with van der Waals surface area (Å²) in [7, 11) is 2.13. The van der Waals surface area contributed by atoms with Crippen molar-refractivity contribution in [2.45, 2.75) is 0 Å². The van der Waals surface area contributed by atoms with Gasteiger partial charge in [0.15, 0.2) is 5.82 Å². The van der Waals surface area contributed by atoms with Gasteiger partial charge in [-0.1, -0.05) is 0 Å². The number of piperazine rings is 1. The number of H-pyrrole nitrogens is 2. The lowest BCUT2D eigenvalue weighted by Gasteiger charge is -2.34. The van der Waals surface area contributed by atoms with E-state index in [9.17, 15) is 9.18 Å². The Morgan fingerprint density at radius 2 is 1.73 bits per heavy atom. The minimum Gasteiger partial charge on any atom is -0.369 e. The molecule has 0 bridgehead atoms. The van der Waals surface area contributed by atoms with Crippen molar-refractivity contribution in [3.63, 3.8) is 0 Å². The number of aromatic amines is 2. The van der Waals surface area contributed by atoms with Crippen LogP contribution in [-0.2, 0) is 0 Å². The number of hydrogen-bond acceptors (Lipinski definition) is 5. The lowest BCUT2D eigenvalue weighted by molar-refractivity contribution is 0.102. The molecule has 33 heavy (non-hydrogen) atoms. The number of carbonyl (C=O) groups is 1. The molecule has 168 valence electrons. The molecular formula is C24H24FN7O. The third kappa shape index (κ3) is 4.49. The molecule has 0 spiro atoms. The van der Waals surface area contributed by atoms with Crippen molar-refractivity contribution in [1.29, 1.82) is 0 Å². The fourth-order valence-electron chi connectivity index (χ4n) is 3.88. The summed E-state index contributed by atoms with van der Waals surface area (Å²) in [6, 6.07) is 13.9. The Labute approximate surface area is 190 Å². The third-order valence-electron chi connectivity index (χ3n) is 5.81. The Bertz CT molecular complexity index is 1240. The van der Waals surface area contributed by atoms with Gasteiger partial charge in [-0.15, -0.1) is 0 Å². The van der Waals surface area contributed by atoms with Gasteiger partial charge in [0.25, 0.3) is 5.91 Å².